The van der Waals surface area contributed by atoms with Crippen LogP contribution in [0.3, 0.4) is 0 Å². The Morgan fingerprint density at radius 1 is 1.22 bits per heavy atom. The molecule has 1 aliphatic heterocycles. The fraction of sp³-hybridized carbons (Fsp3) is 0.538. The second kappa shape index (κ2) is 5.71. The maximum absolute atomic E-state index is 13.0. The second-order valence-corrected chi connectivity index (χ2v) is 4.71. The number of hydrogen-bond donors (Lipinski definition) is 1. The molecule has 0 radical (unpaired) electrons. The lowest BCUT2D eigenvalue weighted by Gasteiger charge is -2.41. The van der Waals surface area contributed by atoms with Crippen LogP contribution >= 0.6 is 0 Å². The lowest BCUT2D eigenvalue weighted by Crippen LogP contribution is -2.49. The monoisotopic (exact) mass is 259 g/mol. The van der Waals surface area contributed by atoms with E-state index in [1.807, 2.05) is 4.90 Å². The van der Waals surface area contributed by atoms with Crippen molar-refractivity contribution in [3.8, 4) is 0 Å². The molecule has 0 aliphatic carbocycles. The molecule has 2 rings (SSSR count). The van der Waals surface area contributed by atoms with Crippen LogP contribution in [0, 0.1) is 17.6 Å². The number of aliphatic hydroxyl groups excluding tert-OH is 1. The molecule has 1 aliphatic rings. The molecule has 1 aromatic rings. The van der Waals surface area contributed by atoms with Gasteiger partial charge < -0.3 is 10.0 Å². The Hall–Kier alpha value is -1.07. The largest absolute Gasteiger partial charge is 0.388 e. The number of alkyl halides is 1. The lowest BCUT2D eigenvalue weighted by molar-refractivity contribution is -0.00635. The predicted molar refractivity (Wildman–Crippen MR) is 61.8 cm³/mol. The molecule has 18 heavy (non-hydrogen) atoms. The highest BCUT2D eigenvalue weighted by Gasteiger charge is 2.33. The van der Waals surface area contributed by atoms with Gasteiger partial charge in [-0.1, -0.05) is 0 Å². The van der Waals surface area contributed by atoms with Crippen LogP contribution < -0.4 is 0 Å². The van der Waals surface area contributed by atoms with Gasteiger partial charge in [-0.05, 0) is 24.1 Å². The summed E-state index contributed by atoms with van der Waals surface area (Å²) in [6.45, 7) is 1.59. The summed E-state index contributed by atoms with van der Waals surface area (Å²) in [4.78, 5) is 2.02. The van der Waals surface area contributed by atoms with Crippen molar-refractivity contribution in [1.29, 1.82) is 0 Å². The van der Waals surface area contributed by atoms with Gasteiger partial charge in [0.05, 0.1) is 12.8 Å². The van der Waals surface area contributed by atoms with Crippen LogP contribution in [0.2, 0.25) is 0 Å². The molecule has 100 valence electrons. The minimum Gasteiger partial charge on any atom is -0.388 e. The van der Waals surface area contributed by atoms with Crippen LogP contribution in [-0.2, 0) is 0 Å². The summed E-state index contributed by atoms with van der Waals surface area (Å²) in [7, 11) is 0. The van der Waals surface area contributed by atoms with Gasteiger partial charge in [-0.15, -0.1) is 0 Å². The van der Waals surface area contributed by atoms with Crippen molar-refractivity contribution in [2.24, 2.45) is 5.92 Å². The third kappa shape index (κ3) is 3.03. The lowest BCUT2D eigenvalue weighted by atomic mass is 9.89. The van der Waals surface area contributed by atoms with Crippen LogP contribution in [0.1, 0.15) is 18.1 Å². The third-order valence-corrected chi connectivity index (χ3v) is 3.27. The summed E-state index contributed by atoms with van der Waals surface area (Å²) in [5.74, 6) is -1.40. The molecule has 0 unspecified atom stereocenters. The van der Waals surface area contributed by atoms with E-state index in [9.17, 15) is 18.3 Å². The molecule has 0 bridgehead atoms. The molecule has 1 N–H and O–H groups in total. The molecule has 0 amide bonds. The zero-order valence-corrected chi connectivity index (χ0v) is 9.95. The van der Waals surface area contributed by atoms with Gasteiger partial charge in [-0.3, -0.25) is 4.39 Å². The Labute approximate surface area is 104 Å². The topological polar surface area (TPSA) is 23.5 Å². The number of halogens is 3. The van der Waals surface area contributed by atoms with Gasteiger partial charge in [-0.25, -0.2) is 8.78 Å². The second-order valence-electron chi connectivity index (χ2n) is 4.71. The van der Waals surface area contributed by atoms with Crippen molar-refractivity contribution in [1.82, 2.24) is 4.90 Å². The first-order chi connectivity index (χ1) is 8.60. The number of nitrogens with zero attached hydrogens (tertiary/aromatic N) is 1. The van der Waals surface area contributed by atoms with Gasteiger partial charge in [0.2, 0.25) is 0 Å². The quantitative estimate of drug-likeness (QED) is 0.877. The molecular formula is C13H16F3NO. The number of hydrogen-bond acceptors (Lipinski definition) is 2. The summed E-state index contributed by atoms with van der Waals surface area (Å²) < 4.78 is 38.0. The van der Waals surface area contributed by atoms with E-state index in [0.717, 1.165) is 18.2 Å². The summed E-state index contributed by atoms with van der Waals surface area (Å²) >= 11 is 0. The van der Waals surface area contributed by atoms with Gasteiger partial charge in [0.15, 0.2) is 0 Å². The SMILES string of the molecule is O[C@H](c1cc(F)cc(F)c1)C1CN(CCCF)C1. The van der Waals surface area contributed by atoms with Gasteiger partial charge in [0.25, 0.3) is 0 Å². The number of likely N-dealkylation sites (tertiary alicyclic amines) is 1. The normalized spacial score (nSPS) is 18.7. The van der Waals surface area contributed by atoms with Crippen LogP contribution in [-0.4, -0.2) is 36.3 Å². The molecule has 1 fully saturated rings. The Balaban J connectivity index is 1.91. The Morgan fingerprint density at radius 2 is 1.83 bits per heavy atom. The predicted octanol–water partition coefficient (Wildman–Crippen LogP) is 2.29. The molecule has 5 heteroatoms. The molecule has 1 atom stereocenters. The van der Waals surface area contributed by atoms with Gasteiger partial charge >= 0.3 is 0 Å². The van der Waals surface area contributed by atoms with Crippen molar-refractivity contribution in [3.05, 3.63) is 35.4 Å². The minimum absolute atomic E-state index is 0.0363. The van der Waals surface area contributed by atoms with Crippen LogP contribution in [0.4, 0.5) is 13.2 Å². The van der Waals surface area contributed by atoms with Crippen molar-refractivity contribution in [2.45, 2.75) is 12.5 Å². The van der Waals surface area contributed by atoms with Crippen molar-refractivity contribution < 1.29 is 18.3 Å². The van der Waals surface area contributed by atoms with Crippen molar-refractivity contribution in [2.75, 3.05) is 26.3 Å². The Bertz CT molecular complexity index is 387. The molecule has 1 saturated heterocycles. The first-order valence-corrected chi connectivity index (χ1v) is 6.02. The van der Waals surface area contributed by atoms with Crippen LogP contribution in [0.25, 0.3) is 0 Å². The first-order valence-electron chi connectivity index (χ1n) is 6.02. The smallest absolute Gasteiger partial charge is 0.126 e. The van der Waals surface area contributed by atoms with E-state index < -0.39 is 17.7 Å². The van der Waals surface area contributed by atoms with E-state index in [0.29, 0.717) is 26.1 Å². The zero-order valence-electron chi connectivity index (χ0n) is 9.95. The molecular weight excluding hydrogens is 243 g/mol. The van der Waals surface area contributed by atoms with E-state index >= 15 is 0 Å². The van der Waals surface area contributed by atoms with Crippen molar-refractivity contribution >= 4 is 0 Å². The average molecular weight is 259 g/mol. The Morgan fingerprint density at radius 3 is 2.39 bits per heavy atom. The third-order valence-electron chi connectivity index (χ3n) is 3.27. The summed E-state index contributed by atoms with van der Waals surface area (Å²) in [5.41, 5.74) is 0.266. The summed E-state index contributed by atoms with van der Waals surface area (Å²) in [5, 5.41) is 10.00. The van der Waals surface area contributed by atoms with Gasteiger partial charge in [-0.2, -0.15) is 0 Å². The Kier molecular flexibility index (Phi) is 4.24. The first kappa shape index (κ1) is 13.4. The van der Waals surface area contributed by atoms with E-state index in [2.05, 4.69) is 0 Å². The molecule has 2 nitrogen and oxygen atoms in total. The van der Waals surface area contributed by atoms with Gasteiger partial charge in [0, 0.05) is 31.6 Å². The van der Waals surface area contributed by atoms with Crippen molar-refractivity contribution in [3.63, 3.8) is 0 Å². The zero-order chi connectivity index (χ0) is 13.1. The van der Waals surface area contributed by atoms with Crippen LogP contribution in [0.15, 0.2) is 18.2 Å². The number of aliphatic hydroxyl groups is 1. The summed E-state index contributed by atoms with van der Waals surface area (Å²) in [6.07, 6.45) is -0.381. The minimum atomic E-state index is -0.864. The highest BCUT2D eigenvalue weighted by atomic mass is 19.1. The molecule has 1 heterocycles. The summed E-state index contributed by atoms with van der Waals surface area (Å²) in [6, 6.07) is 3.08. The number of benzene rings is 1. The fourth-order valence-corrected chi connectivity index (χ4v) is 2.29. The van der Waals surface area contributed by atoms with E-state index in [4.69, 9.17) is 0 Å². The molecule has 0 aromatic heterocycles. The standard InChI is InChI=1S/C13H16F3NO/c14-2-1-3-17-7-10(8-17)13(18)9-4-11(15)6-12(16)5-9/h4-6,10,13,18H,1-3,7-8H2/t13-/m1/s1. The highest BCUT2D eigenvalue weighted by Crippen LogP contribution is 2.30. The fourth-order valence-electron chi connectivity index (χ4n) is 2.29. The molecule has 0 spiro atoms. The van der Waals surface area contributed by atoms with Gasteiger partial charge in [0.1, 0.15) is 11.6 Å². The maximum atomic E-state index is 13.0. The van der Waals surface area contributed by atoms with E-state index in [-0.39, 0.29) is 18.2 Å². The average Bonchev–Trinajstić information content (AvgIpc) is 2.25. The molecule has 0 saturated carbocycles. The maximum Gasteiger partial charge on any atom is 0.126 e. The van der Waals surface area contributed by atoms with Crippen LogP contribution in [0.5, 0.6) is 0 Å². The van der Waals surface area contributed by atoms with E-state index in [1.54, 1.807) is 0 Å². The highest BCUT2D eigenvalue weighted by molar-refractivity contribution is 5.21. The number of rotatable bonds is 5. The molecule has 1 aromatic carbocycles. The van der Waals surface area contributed by atoms with E-state index in [1.165, 1.54) is 0 Å².